The predicted molar refractivity (Wildman–Crippen MR) is 157 cm³/mol. The standard InChI is InChI=1S/C22H22N6.C3H6.C3H8.C2H6/c1-24-10-11-28-21(18-7-4-6-17(12-18)14-23)15-26-22(28)16-25-19-8-5-9-20(13-19)27(2)3;1-2-3-1;1-3-2;1-2/h4-13,15,25H,1,16H2,2-3H3;1-3H2;3H2,1-2H3;1-2H3/b11-10-;;;. The molecule has 1 saturated carbocycles. The van der Waals surface area contributed by atoms with Crippen LogP contribution in [0.1, 0.15) is 64.8 Å². The Bertz CT molecular complexity index is 1100. The molecular weight excluding hydrogens is 444 g/mol. The lowest BCUT2D eigenvalue weighted by atomic mass is 10.1. The number of aliphatic imine (C=N–C) groups is 1. The molecule has 1 N–H and O–H groups in total. The van der Waals surface area contributed by atoms with Crippen molar-refractivity contribution in [3.8, 4) is 17.3 Å². The molecule has 1 fully saturated rings. The maximum Gasteiger partial charge on any atom is 0.132 e. The van der Waals surface area contributed by atoms with Crippen LogP contribution in [0.15, 0.2) is 65.9 Å². The summed E-state index contributed by atoms with van der Waals surface area (Å²) in [6.45, 7) is 12.3. The number of rotatable bonds is 7. The van der Waals surface area contributed by atoms with Crippen LogP contribution in [0.4, 0.5) is 11.4 Å². The molecule has 6 nitrogen and oxygen atoms in total. The van der Waals surface area contributed by atoms with Crippen molar-refractivity contribution < 1.29 is 0 Å². The zero-order valence-corrected chi connectivity index (χ0v) is 22.8. The van der Waals surface area contributed by atoms with Gasteiger partial charge in [0, 0.05) is 43.4 Å². The fourth-order valence-electron chi connectivity index (χ4n) is 2.85. The summed E-state index contributed by atoms with van der Waals surface area (Å²) in [6.07, 6.45) is 11.0. The van der Waals surface area contributed by atoms with E-state index in [0.29, 0.717) is 12.1 Å². The Morgan fingerprint density at radius 1 is 1.11 bits per heavy atom. The first-order chi connectivity index (χ1) is 17.5. The summed E-state index contributed by atoms with van der Waals surface area (Å²) in [6, 6.07) is 17.8. The summed E-state index contributed by atoms with van der Waals surface area (Å²) in [5, 5.41) is 12.6. The molecule has 0 atom stereocenters. The van der Waals surface area contributed by atoms with Gasteiger partial charge in [0.25, 0.3) is 0 Å². The maximum absolute atomic E-state index is 9.17. The van der Waals surface area contributed by atoms with Crippen LogP contribution >= 0.6 is 0 Å². The second-order valence-electron chi connectivity index (χ2n) is 8.17. The molecule has 192 valence electrons. The van der Waals surface area contributed by atoms with Crippen LogP contribution in [0.3, 0.4) is 0 Å². The Morgan fingerprint density at radius 2 is 1.78 bits per heavy atom. The van der Waals surface area contributed by atoms with Gasteiger partial charge in [-0.15, -0.1) is 0 Å². The molecular formula is C30H42N6. The summed E-state index contributed by atoms with van der Waals surface area (Å²) in [5.74, 6) is 0.826. The van der Waals surface area contributed by atoms with E-state index in [4.69, 9.17) is 0 Å². The largest absolute Gasteiger partial charge is 0.378 e. The predicted octanol–water partition coefficient (Wildman–Crippen LogP) is 7.84. The molecule has 2 aromatic carbocycles. The Morgan fingerprint density at radius 3 is 2.36 bits per heavy atom. The molecule has 0 radical (unpaired) electrons. The Labute approximate surface area is 218 Å². The molecule has 0 saturated heterocycles. The molecule has 3 aromatic rings. The first kappa shape index (κ1) is 30.2. The van der Waals surface area contributed by atoms with Crippen LogP contribution in [-0.2, 0) is 6.54 Å². The summed E-state index contributed by atoms with van der Waals surface area (Å²) in [4.78, 5) is 10.4. The van der Waals surface area contributed by atoms with Crippen molar-refractivity contribution in [2.24, 2.45) is 4.99 Å². The van der Waals surface area contributed by atoms with Crippen molar-refractivity contribution in [1.29, 1.82) is 5.26 Å². The van der Waals surface area contributed by atoms with E-state index in [0.717, 1.165) is 28.5 Å². The van der Waals surface area contributed by atoms with Gasteiger partial charge in [-0.1, -0.05) is 71.6 Å². The fraction of sp³-hybridized carbons (Fsp3) is 0.367. The second-order valence-corrected chi connectivity index (χ2v) is 8.17. The van der Waals surface area contributed by atoms with Gasteiger partial charge in [0.05, 0.1) is 30.1 Å². The molecule has 1 heterocycles. The summed E-state index contributed by atoms with van der Waals surface area (Å²) in [5.41, 5.74) is 4.55. The van der Waals surface area contributed by atoms with Crippen LogP contribution in [0.25, 0.3) is 17.5 Å². The van der Waals surface area contributed by atoms with Crippen molar-refractivity contribution in [3.63, 3.8) is 0 Å². The Hall–Kier alpha value is -3.85. The minimum Gasteiger partial charge on any atom is -0.378 e. The van der Waals surface area contributed by atoms with Crippen molar-refractivity contribution in [1.82, 2.24) is 9.55 Å². The summed E-state index contributed by atoms with van der Waals surface area (Å²) < 4.78 is 1.95. The number of nitrogens with one attached hydrogen (secondary N) is 1. The third-order valence-corrected chi connectivity index (χ3v) is 4.65. The van der Waals surface area contributed by atoms with Crippen molar-refractivity contribution in [2.45, 2.75) is 59.9 Å². The van der Waals surface area contributed by atoms with E-state index in [2.05, 4.69) is 59.0 Å². The van der Waals surface area contributed by atoms with Crippen LogP contribution < -0.4 is 10.2 Å². The smallest absolute Gasteiger partial charge is 0.132 e. The van der Waals surface area contributed by atoms with Crippen molar-refractivity contribution >= 4 is 24.3 Å². The highest BCUT2D eigenvalue weighted by atomic mass is 15.1. The average molecular weight is 487 g/mol. The first-order valence-electron chi connectivity index (χ1n) is 12.7. The molecule has 36 heavy (non-hydrogen) atoms. The minimum atomic E-state index is 0.538. The summed E-state index contributed by atoms with van der Waals surface area (Å²) >= 11 is 0. The molecule has 0 amide bonds. The quantitative estimate of drug-likeness (QED) is 0.345. The van der Waals surface area contributed by atoms with E-state index in [1.54, 1.807) is 18.5 Å². The molecule has 0 unspecified atom stereocenters. The number of imidazole rings is 1. The van der Waals surface area contributed by atoms with E-state index in [-0.39, 0.29) is 0 Å². The van der Waals surface area contributed by atoms with Gasteiger partial charge in [0.15, 0.2) is 0 Å². The lowest BCUT2D eigenvalue weighted by molar-refractivity contribution is 0.934. The SMILES string of the molecule is C1CC1.C=N/C=C\n1c(-c2cccc(C#N)c2)cnc1CNc1cccc(N(C)C)c1.CC.CCC. The third-order valence-electron chi connectivity index (χ3n) is 4.65. The molecule has 0 spiro atoms. The first-order valence-corrected chi connectivity index (χ1v) is 12.7. The number of benzene rings is 2. The normalized spacial score (nSPS) is 10.9. The highest BCUT2D eigenvalue weighted by Gasteiger charge is 2.11. The van der Waals surface area contributed by atoms with Crippen LogP contribution in [0.2, 0.25) is 0 Å². The monoisotopic (exact) mass is 486 g/mol. The van der Waals surface area contributed by atoms with E-state index >= 15 is 0 Å². The molecule has 6 heteroatoms. The highest BCUT2D eigenvalue weighted by Crippen LogP contribution is 2.24. The van der Waals surface area contributed by atoms with Gasteiger partial charge in [-0.25, -0.2) is 4.98 Å². The molecule has 1 aliphatic rings. The van der Waals surface area contributed by atoms with E-state index in [1.165, 1.54) is 25.7 Å². The van der Waals surface area contributed by atoms with Gasteiger partial charge >= 0.3 is 0 Å². The Balaban J connectivity index is 0.000000708. The zero-order chi connectivity index (χ0) is 26.8. The van der Waals surface area contributed by atoms with E-state index in [9.17, 15) is 5.26 Å². The minimum absolute atomic E-state index is 0.538. The molecule has 1 aliphatic carbocycles. The summed E-state index contributed by atoms with van der Waals surface area (Å²) in [7, 11) is 4.03. The van der Waals surface area contributed by atoms with Gasteiger partial charge in [0.2, 0.25) is 0 Å². The molecule has 0 bridgehead atoms. The van der Waals surface area contributed by atoms with Crippen LogP contribution in [-0.4, -0.2) is 30.4 Å². The van der Waals surface area contributed by atoms with E-state index in [1.807, 2.05) is 69.0 Å². The number of nitriles is 1. The van der Waals surface area contributed by atoms with E-state index < -0.39 is 0 Å². The highest BCUT2D eigenvalue weighted by molar-refractivity contribution is 5.64. The van der Waals surface area contributed by atoms with Crippen LogP contribution in [0.5, 0.6) is 0 Å². The van der Waals surface area contributed by atoms with Crippen molar-refractivity contribution in [3.05, 3.63) is 72.3 Å². The van der Waals surface area contributed by atoms with Gasteiger partial charge < -0.3 is 14.8 Å². The number of hydrogen-bond acceptors (Lipinski definition) is 5. The van der Waals surface area contributed by atoms with Gasteiger partial charge in [0.1, 0.15) is 5.82 Å². The Kier molecular flexibility index (Phi) is 14.7. The van der Waals surface area contributed by atoms with Gasteiger partial charge in [-0.2, -0.15) is 5.26 Å². The molecule has 0 aliphatic heterocycles. The maximum atomic E-state index is 9.17. The van der Waals surface area contributed by atoms with Gasteiger partial charge in [-0.3, -0.25) is 4.99 Å². The molecule has 1 aromatic heterocycles. The average Bonchev–Trinajstić information content (AvgIpc) is 3.75. The second kappa shape index (κ2) is 17.6. The molecule has 4 rings (SSSR count). The van der Waals surface area contributed by atoms with Crippen LogP contribution in [0, 0.1) is 11.3 Å². The van der Waals surface area contributed by atoms with Gasteiger partial charge in [-0.05, 0) is 37.0 Å². The number of anilines is 2. The lowest BCUT2D eigenvalue weighted by Crippen LogP contribution is -2.10. The van der Waals surface area contributed by atoms with Crippen molar-refractivity contribution in [2.75, 3.05) is 24.3 Å². The topological polar surface area (TPSA) is 69.2 Å². The number of hydrogen-bond donors (Lipinski definition) is 1. The fourth-order valence-corrected chi connectivity index (χ4v) is 2.85. The lowest BCUT2D eigenvalue weighted by Gasteiger charge is -2.14. The number of nitrogens with zero attached hydrogens (tertiary/aromatic N) is 5. The number of aromatic nitrogens is 2. The third kappa shape index (κ3) is 10.6. The zero-order valence-electron chi connectivity index (χ0n) is 22.8.